The molecule has 0 saturated carbocycles. The minimum atomic E-state index is -1.10. The van der Waals surface area contributed by atoms with Crippen molar-refractivity contribution in [2.75, 3.05) is 0 Å². The number of fused-ring (bicyclic) bond motifs is 1. The van der Waals surface area contributed by atoms with Gasteiger partial charge in [0.1, 0.15) is 29.0 Å². The molecule has 7 heteroatoms. The SMILES string of the molecule is Cc1ccc(-c2cc(-c3cn4c(Cl)c(C(=O)O)c(C)c(C)c4n3)ccc2F)c(OCc2ccccc2)c1. The van der Waals surface area contributed by atoms with Crippen molar-refractivity contribution >= 4 is 23.2 Å². The van der Waals surface area contributed by atoms with Crippen molar-refractivity contribution < 1.29 is 19.0 Å². The summed E-state index contributed by atoms with van der Waals surface area (Å²) in [7, 11) is 0. The van der Waals surface area contributed by atoms with E-state index in [0.717, 1.165) is 11.1 Å². The third kappa shape index (κ3) is 4.56. The lowest BCUT2D eigenvalue weighted by molar-refractivity contribution is 0.0695. The molecule has 5 nitrogen and oxygen atoms in total. The van der Waals surface area contributed by atoms with Crippen molar-refractivity contribution in [3.05, 3.63) is 112 Å². The number of halogens is 2. The van der Waals surface area contributed by atoms with Gasteiger partial charge in [-0.2, -0.15) is 0 Å². The quantitative estimate of drug-likeness (QED) is 0.236. The van der Waals surface area contributed by atoms with Crippen LogP contribution in [0.4, 0.5) is 4.39 Å². The van der Waals surface area contributed by atoms with Gasteiger partial charge in [0.05, 0.1) is 11.3 Å². The molecule has 0 aliphatic heterocycles. The number of hydrogen-bond acceptors (Lipinski definition) is 3. The van der Waals surface area contributed by atoms with E-state index in [9.17, 15) is 9.90 Å². The molecule has 37 heavy (non-hydrogen) atoms. The molecular weight excluding hydrogens is 491 g/mol. The van der Waals surface area contributed by atoms with Crippen LogP contribution in [0.1, 0.15) is 32.6 Å². The number of ether oxygens (including phenoxy) is 1. The third-order valence-corrected chi connectivity index (χ3v) is 6.91. The minimum Gasteiger partial charge on any atom is -0.488 e. The molecule has 0 saturated heterocycles. The number of aromatic nitrogens is 2. The number of carbonyl (C=O) groups is 1. The zero-order valence-electron chi connectivity index (χ0n) is 20.5. The summed E-state index contributed by atoms with van der Waals surface area (Å²) in [6, 6.07) is 20.2. The average molecular weight is 515 g/mol. The lowest BCUT2D eigenvalue weighted by Gasteiger charge is -2.14. The molecule has 0 aliphatic rings. The average Bonchev–Trinajstić information content (AvgIpc) is 3.33. The van der Waals surface area contributed by atoms with Gasteiger partial charge in [0.25, 0.3) is 0 Å². The van der Waals surface area contributed by atoms with Crippen LogP contribution in [-0.4, -0.2) is 20.5 Å². The van der Waals surface area contributed by atoms with Gasteiger partial charge >= 0.3 is 5.97 Å². The maximum Gasteiger partial charge on any atom is 0.339 e. The number of aryl methyl sites for hydroxylation is 2. The maximum atomic E-state index is 15.2. The fourth-order valence-electron chi connectivity index (χ4n) is 4.41. The highest BCUT2D eigenvalue weighted by Crippen LogP contribution is 2.36. The van der Waals surface area contributed by atoms with E-state index in [4.69, 9.17) is 21.3 Å². The number of nitrogens with zero attached hydrogens (tertiary/aromatic N) is 2. The van der Waals surface area contributed by atoms with E-state index >= 15 is 4.39 Å². The number of pyridine rings is 1. The van der Waals surface area contributed by atoms with Gasteiger partial charge in [-0.1, -0.05) is 54.1 Å². The van der Waals surface area contributed by atoms with Crippen molar-refractivity contribution in [1.29, 1.82) is 0 Å². The van der Waals surface area contributed by atoms with Crippen LogP contribution in [-0.2, 0) is 6.61 Å². The van der Waals surface area contributed by atoms with Crippen molar-refractivity contribution in [2.24, 2.45) is 0 Å². The fourth-order valence-corrected chi connectivity index (χ4v) is 4.76. The Hall–Kier alpha value is -4.16. The number of benzene rings is 3. The van der Waals surface area contributed by atoms with Crippen molar-refractivity contribution in [3.8, 4) is 28.1 Å². The zero-order valence-corrected chi connectivity index (χ0v) is 21.3. The molecular formula is C30H24ClFN2O3. The summed E-state index contributed by atoms with van der Waals surface area (Å²) < 4.78 is 22.9. The Morgan fingerprint density at radius 1 is 1.00 bits per heavy atom. The lowest BCUT2D eigenvalue weighted by atomic mass is 9.99. The normalized spacial score (nSPS) is 11.2. The van der Waals surface area contributed by atoms with Crippen LogP contribution in [0.25, 0.3) is 28.0 Å². The Balaban J connectivity index is 1.59. The summed E-state index contributed by atoms with van der Waals surface area (Å²) >= 11 is 6.45. The van der Waals surface area contributed by atoms with Crippen LogP contribution in [0.5, 0.6) is 5.75 Å². The van der Waals surface area contributed by atoms with Crippen molar-refractivity contribution in [1.82, 2.24) is 9.38 Å². The molecule has 0 spiro atoms. The number of carboxylic acids is 1. The second-order valence-electron chi connectivity index (χ2n) is 9.01. The van der Waals surface area contributed by atoms with E-state index in [-0.39, 0.29) is 16.5 Å². The molecule has 2 heterocycles. The summed E-state index contributed by atoms with van der Waals surface area (Å²) in [4.78, 5) is 16.5. The predicted octanol–water partition coefficient (Wildman–Crippen LogP) is 7.66. The van der Waals surface area contributed by atoms with Gasteiger partial charge in [-0.15, -0.1) is 0 Å². The largest absolute Gasteiger partial charge is 0.488 e. The highest BCUT2D eigenvalue weighted by atomic mass is 35.5. The lowest BCUT2D eigenvalue weighted by Crippen LogP contribution is -2.07. The molecule has 0 fully saturated rings. The van der Waals surface area contributed by atoms with E-state index in [1.807, 2.05) is 62.4 Å². The first kappa shape index (κ1) is 24.5. The fraction of sp³-hybridized carbons (Fsp3) is 0.133. The topological polar surface area (TPSA) is 63.8 Å². The number of imidazole rings is 1. The maximum absolute atomic E-state index is 15.2. The minimum absolute atomic E-state index is 0.0373. The van der Waals surface area contributed by atoms with Gasteiger partial charge in [-0.3, -0.25) is 4.40 Å². The Bertz CT molecular complexity index is 1660. The highest BCUT2D eigenvalue weighted by molar-refractivity contribution is 6.33. The molecule has 0 amide bonds. The molecule has 186 valence electrons. The third-order valence-electron chi connectivity index (χ3n) is 6.54. The monoisotopic (exact) mass is 514 g/mol. The van der Waals surface area contributed by atoms with Crippen LogP contribution in [0.3, 0.4) is 0 Å². The van der Waals surface area contributed by atoms with Crippen LogP contribution in [0.15, 0.2) is 72.9 Å². The van der Waals surface area contributed by atoms with E-state index in [0.29, 0.717) is 51.5 Å². The van der Waals surface area contributed by atoms with E-state index in [1.54, 1.807) is 29.7 Å². The van der Waals surface area contributed by atoms with Crippen LogP contribution in [0, 0.1) is 26.6 Å². The van der Waals surface area contributed by atoms with Crippen molar-refractivity contribution in [2.45, 2.75) is 27.4 Å². The van der Waals surface area contributed by atoms with Crippen molar-refractivity contribution in [3.63, 3.8) is 0 Å². The van der Waals surface area contributed by atoms with Gasteiger partial charge in [0.15, 0.2) is 0 Å². The molecule has 2 aromatic heterocycles. The molecule has 5 rings (SSSR count). The number of rotatable bonds is 6. The van der Waals surface area contributed by atoms with E-state index in [1.165, 1.54) is 6.07 Å². The van der Waals surface area contributed by atoms with E-state index < -0.39 is 5.97 Å². The van der Waals surface area contributed by atoms with Crippen LogP contribution in [0.2, 0.25) is 5.15 Å². The van der Waals surface area contributed by atoms with Gasteiger partial charge in [0.2, 0.25) is 0 Å². The first-order valence-electron chi connectivity index (χ1n) is 11.7. The van der Waals surface area contributed by atoms with Crippen LogP contribution >= 0.6 is 11.6 Å². The second kappa shape index (κ2) is 9.71. The first-order valence-corrected chi connectivity index (χ1v) is 12.1. The molecule has 0 aliphatic carbocycles. The number of hydrogen-bond donors (Lipinski definition) is 1. The first-order chi connectivity index (χ1) is 17.7. The molecule has 0 unspecified atom stereocenters. The molecule has 1 N–H and O–H groups in total. The Morgan fingerprint density at radius 2 is 1.76 bits per heavy atom. The summed E-state index contributed by atoms with van der Waals surface area (Å²) in [6.07, 6.45) is 1.68. The summed E-state index contributed by atoms with van der Waals surface area (Å²) in [6.45, 7) is 5.84. The van der Waals surface area contributed by atoms with E-state index in [2.05, 4.69) is 0 Å². The molecule has 0 radical (unpaired) electrons. The van der Waals surface area contributed by atoms with Gasteiger partial charge in [-0.05, 0) is 67.3 Å². The Morgan fingerprint density at radius 3 is 2.49 bits per heavy atom. The number of carboxylic acid groups (broad SMARTS) is 1. The molecule has 0 bridgehead atoms. The van der Waals surface area contributed by atoms with Gasteiger partial charge in [0, 0.05) is 22.9 Å². The Labute approximate surface area is 218 Å². The Kier molecular flexibility index (Phi) is 6.44. The second-order valence-corrected chi connectivity index (χ2v) is 9.37. The molecule has 0 atom stereocenters. The predicted molar refractivity (Wildman–Crippen MR) is 143 cm³/mol. The smallest absolute Gasteiger partial charge is 0.339 e. The molecule has 3 aromatic carbocycles. The van der Waals surface area contributed by atoms with Gasteiger partial charge < -0.3 is 9.84 Å². The standard InChI is InChI=1S/C30H24ClFN2O3/c1-17-9-11-22(26(13-17)37-16-20-7-5-4-6-8-20)23-14-21(10-12-24(23)32)25-15-34-28(31)27(30(35)36)18(2)19(3)29(34)33-25/h4-15H,16H2,1-3H3,(H,35,36). The molecule has 5 aromatic rings. The summed E-state index contributed by atoms with van der Waals surface area (Å²) in [5, 5.41) is 9.71. The van der Waals surface area contributed by atoms with Crippen LogP contribution < -0.4 is 4.74 Å². The zero-order chi connectivity index (χ0) is 26.3. The highest BCUT2D eigenvalue weighted by Gasteiger charge is 2.21. The summed E-state index contributed by atoms with van der Waals surface area (Å²) in [5.74, 6) is -0.913. The number of aromatic carboxylic acids is 1. The summed E-state index contributed by atoms with van der Waals surface area (Å²) in [5.41, 5.74) is 6.09. The van der Waals surface area contributed by atoms with Gasteiger partial charge in [-0.25, -0.2) is 14.2 Å².